The molecule has 5 rings (SSSR count). The Morgan fingerprint density at radius 1 is 1.03 bits per heavy atom. The molecule has 0 spiro atoms. The lowest BCUT2D eigenvalue weighted by Crippen LogP contribution is -2.54. The van der Waals surface area contributed by atoms with Crippen molar-refractivity contribution in [2.24, 2.45) is 5.92 Å². The van der Waals surface area contributed by atoms with Crippen LogP contribution in [-0.4, -0.2) is 89.0 Å². The Balaban J connectivity index is 1.12. The van der Waals surface area contributed by atoms with Gasteiger partial charge in [0, 0.05) is 76.6 Å². The van der Waals surface area contributed by atoms with Crippen molar-refractivity contribution in [3.05, 3.63) is 17.5 Å². The normalized spacial score (nSPS) is 28.2. The average Bonchev–Trinajstić information content (AvgIpc) is 3.45. The standard InChI is InChI=1S/C23H36N6O/c1-18-5-4-6-21(18)27-11-13-28(14-12-27)22(30)17-26-10-7-20-19(16-26)15-24-23(25-20)29-8-2-3-9-29/h15,18,21H,2-14,16-17H2,1H3. The van der Waals surface area contributed by atoms with E-state index in [0.717, 1.165) is 76.7 Å². The van der Waals surface area contributed by atoms with Gasteiger partial charge in [-0.15, -0.1) is 0 Å². The van der Waals surface area contributed by atoms with Gasteiger partial charge in [0.1, 0.15) is 0 Å². The summed E-state index contributed by atoms with van der Waals surface area (Å²) in [6, 6.07) is 0.742. The van der Waals surface area contributed by atoms with Crippen molar-refractivity contribution >= 4 is 11.9 Å². The zero-order chi connectivity index (χ0) is 20.5. The lowest BCUT2D eigenvalue weighted by molar-refractivity contribution is -0.134. The molecule has 0 N–H and O–H groups in total. The zero-order valence-corrected chi connectivity index (χ0v) is 18.4. The Labute approximate surface area is 180 Å². The SMILES string of the molecule is CC1CCCC1N1CCN(C(=O)CN2CCc3nc(N4CCCC4)ncc3C2)CC1. The Hall–Kier alpha value is -1.73. The van der Waals surface area contributed by atoms with Gasteiger partial charge in [0.25, 0.3) is 0 Å². The predicted octanol–water partition coefficient (Wildman–Crippen LogP) is 1.77. The van der Waals surface area contributed by atoms with Crippen LogP contribution in [-0.2, 0) is 17.8 Å². The quantitative estimate of drug-likeness (QED) is 0.751. The molecule has 0 radical (unpaired) electrons. The minimum absolute atomic E-state index is 0.284. The molecule has 2 saturated heterocycles. The van der Waals surface area contributed by atoms with E-state index in [1.165, 1.54) is 43.4 Å². The van der Waals surface area contributed by atoms with E-state index >= 15 is 0 Å². The van der Waals surface area contributed by atoms with E-state index in [1.54, 1.807) is 0 Å². The van der Waals surface area contributed by atoms with Crippen LogP contribution in [0.2, 0.25) is 0 Å². The maximum atomic E-state index is 12.9. The molecule has 1 amide bonds. The van der Waals surface area contributed by atoms with Crippen molar-refractivity contribution in [1.82, 2.24) is 24.7 Å². The highest BCUT2D eigenvalue weighted by Gasteiger charge is 2.32. The topological polar surface area (TPSA) is 55.8 Å². The van der Waals surface area contributed by atoms with Gasteiger partial charge in [0.2, 0.25) is 11.9 Å². The van der Waals surface area contributed by atoms with Crippen molar-refractivity contribution in [1.29, 1.82) is 0 Å². The third-order valence-corrected chi connectivity index (χ3v) is 7.70. The number of rotatable bonds is 4. The Morgan fingerprint density at radius 2 is 1.83 bits per heavy atom. The van der Waals surface area contributed by atoms with Gasteiger partial charge in [0.05, 0.1) is 12.2 Å². The van der Waals surface area contributed by atoms with E-state index in [-0.39, 0.29) is 5.91 Å². The summed E-state index contributed by atoms with van der Waals surface area (Å²) in [5.41, 5.74) is 2.37. The maximum absolute atomic E-state index is 12.9. The molecule has 4 aliphatic rings. The number of hydrogen-bond donors (Lipinski definition) is 0. The Bertz CT molecular complexity index is 756. The van der Waals surface area contributed by atoms with Crippen LogP contribution in [0.4, 0.5) is 5.95 Å². The monoisotopic (exact) mass is 412 g/mol. The number of carbonyl (C=O) groups is 1. The van der Waals surface area contributed by atoms with E-state index in [9.17, 15) is 4.79 Å². The van der Waals surface area contributed by atoms with Crippen molar-refractivity contribution in [2.45, 2.75) is 58.0 Å². The molecule has 0 aromatic carbocycles. The molecule has 7 heteroatoms. The smallest absolute Gasteiger partial charge is 0.236 e. The second-order valence-corrected chi connectivity index (χ2v) is 9.69. The summed E-state index contributed by atoms with van der Waals surface area (Å²) in [6.07, 6.45) is 9.46. The fraction of sp³-hybridized carbons (Fsp3) is 0.783. The van der Waals surface area contributed by atoms with E-state index < -0.39 is 0 Å². The van der Waals surface area contributed by atoms with Gasteiger partial charge < -0.3 is 9.80 Å². The highest BCUT2D eigenvalue weighted by molar-refractivity contribution is 5.78. The summed E-state index contributed by atoms with van der Waals surface area (Å²) in [4.78, 5) is 31.7. The highest BCUT2D eigenvalue weighted by Crippen LogP contribution is 2.30. The highest BCUT2D eigenvalue weighted by atomic mass is 16.2. The van der Waals surface area contributed by atoms with Crippen LogP contribution >= 0.6 is 0 Å². The third-order valence-electron chi connectivity index (χ3n) is 7.70. The van der Waals surface area contributed by atoms with Gasteiger partial charge in [0.15, 0.2) is 0 Å². The van der Waals surface area contributed by atoms with Crippen molar-refractivity contribution in [2.75, 3.05) is 57.3 Å². The molecule has 30 heavy (non-hydrogen) atoms. The minimum Gasteiger partial charge on any atom is -0.341 e. The van der Waals surface area contributed by atoms with Gasteiger partial charge in [-0.25, -0.2) is 9.97 Å². The Morgan fingerprint density at radius 3 is 2.57 bits per heavy atom. The molecule has 1 aromatic heterocycles. The number of anilines is 1. The van der Waals surface area contributed by atoms with Gasteiger partial charge in [-0.2, -0.15) is 0 Å². The predicted molar refractivity (Wildman–Crippen MR) is 117 cm³/mol. The molecular weight excluding hydrogens is 376 g/mol. The van der Waals surface area contributed by atoms with Crippen LogP contribution in [0.3, 0.4) is 0 Å². The Kier molecular flexibility index (Phi) is 5.92. The van der Waals surface area contributed by atoms with E-state index in [4.69, 9.17) is 4.98 Å². The molecule has 7 nitrogen and oxygen atoms in total. The lowest BCUT2D eigenvalue weighted by atomic mass is 10.0. The molecule has 0 bridgehead atoms. The van der Waals surface area contributed by atoms with E-state index in [1.807, 2.05) is 6.20 Å². The molecule has 3 fully saturated rings. The van der Waals surface area contributed by atoms with Crippen LogP contribution in [0, 0.1) is 5.92 Å². The number of carbonyl (C=O) groups excluding carboxylic acids is 1. The van der Waals surface area contributed by atoms with Gasteiger partial charge in [-0.1, -0.05) is 13.3 Å². The number of fused-ring (bicyclic) bond motifs is 1. The van der Waals surface area contributed by atoms with Crippen LogP contribution in [0.25, 0.3) is 0 Å². The number of amides is 1. The van der Waals surface area contributed by atoms with Crippen LogP contribution < -0.4 is 4.90 Å². The fourth-order valence-electron chi connectivity index (χ4n) is 5.83. The molecule has 2 unspecified atom stereocenters. The minimum atomic E-state index is 0.284. The number of piperazine rings is 1. The maximum Gasteiger partial charge on any atom is 0.236 e. The number of hydrogen-bond acceptors (Lipinski definition) is 6. The molecule has 1 saturated carbocycles. The summed E-state index contributed by atoms with van der Waals surface area (Å²) in [6.45, 7) is 10.6. The first kappa shape index (κ1) is 20.2. The number of nitrogens with zero attached hydrogens (tertiary/aromatic N) is 6. The first-order chi connectivity index (χ1) is 14.7. The molecule has 3 aliphatic heterocycles. The van der Waals surface area contributed by atoms with E-state index in [0.29, 0.717) is 6.54 Å². The van der Waals surface area contributed by atoms with Crippen LogP contribution in [0.15, 0.2) is 6.20 Å². The summed E-state index contributed by atoms with van der Waals surface area (Å²) in [7, 11) is 0. The largest absolute Gasteiger partial charge is 0.341 e. The van der Waals surface area contributed by atoms with Gasteiger partial charge in [-0.05, 0) is 31.6 Å². The average molecular weight is 413 g/mol. The van der Waals surface area contributed by atoms with Crippen molar-refractivity contribution in [3.63, 3.8) is 0 Å². The summed E-state index contributed by atoms with van der Waals surface area (Å²) < 4.78 is 0. The fourth-order valence-corrected chi connectivity index (χ4v) is 5.83. The molecule has 2 atom stereocenters. The van der Waals surface area contributed by atoms with Crippen LogP contribution in [0.1, 0.15) is 50.3 Å². The number of aromatic nitrogens is 2. The molecule has 1 aliphatic carbocycles. The second-order valence-electron chi connectivity index (χ2n) is 9.69. The molecule has 4 heterocycles. The van der Waals surface area contributed by atoms with E-state index in [2.05, 4.69) is 31.5 Å². The molecular formula is C23H36N6O. The molecule has 164 valence electrons. The summed E-state index contributed by atoms with van der Waals surface area (Å²) in [5.74, 6) is 1.99. The first-order valence-corrected chi connectivity index (χ1v) is 12.0. The van der Waals surface area contributed by atoms with Gasteiger partial charge in [-0.3, -0.25) is 14.6 Å². The van der Waals surface area contributed by atoms with Crippen molar-refractivity contribution < 1.29 is 4.79 Å². The van der Waals surface area contributed by atoms with Crippen molar-refractivity contribution in [3.8, 4) is 0 Å². The van der Waals surface area contributed by atoms with Gasteiger partial charge >= 0.3 is 0 Å². The first-order valence-electron chi connectivity index (χ1n) is 12.0. The molecule has 1 aromatic rings. The second kappa shape index (κ2) is 8.79. The zero-order valence-electron chi connectivity index (χ0n) is 18.4. The lowest BCUT2D eigenvalue weighted by Gasteiger charge is -2.40. The third kappa shape index (κ3) is 4.19. The van der Waals surface area contributed by atoms with Crippen LogP contribution in [0.5, 0.6) is 0 Å². The summed E-state index contributed by atoms with van der Waals surface area (Å²) >= 11 is 0. The summed E-state index contributed by atoms with van der Waals surface area (Å²) in [5, 5.41) is 0.